The van der Waals surface area contributed by atoms with Crippen molar-refractivity contribution in [2.24, 2.45) is 0 Å². The molecule has 3 fully saturated rings. The molecule has 0 spiro atoms. The fraction of sp³-hybridized carbons (Fsp3) is 0.632. The monoisotopic (exact) mass is 369 g/mol. The van der Waals surface area contributed by atoms with Crippen molar-refractivity contribution in [1.82, 2.24) is 4.90 Å². The Morgan fingerprint density at radius 1 is 1.23 bits per heavy atom. The second kappa shape index (κ2) is 5.87. The van der Waals surface area contributed by atoms with Gasteiger partial charge in [0.15, 0.2) is 0 Å². The van der Waals surface area contributed by atoms with E-state index < -0.39 is 23.7 Å². The van der Waals surface area contributed by atoms with Crippen molar-refractivity contribution in [2.75, 3.05) is 13.7 Å². The summed E-state index contributed by atoms with van der Waals surface area (Å²) in [6.07, 6.45) is -0.464. The van der Waals surface area contributed by atoms with Crippen molar-refractivity contribution in [3.63, 3.8) is 0 Å². The number of methoxy groups -OCH3 is 1. The van der Waals surface area contributed by atoms with Crippen LogP contribution in [0, 0.1) is 0 Å². The molecule has 142 valence electrons. The molecule has 26 heavy (non-hydrogen) atoms. The van der Waals surface area contributed by atoms with Gasteiger partial charge in [0.25, 0.3) is 0 Å². The number of carbonyl (C=O) groups excluding carboxylic acids is 1. The molecule has 1 saturated carbocycles. The number of nitrogens with zero attached hydrogens (tertiary/aromatic N) is 1. The van der Waals surface area contributed by atoms with Gasteiger partial charge < -0.3 is 14.4 Å². The van der Waals surface area contributed by atoms with E-state index in [2.05, 4.69) is 0 Å². The van der Waals surface area contributed by atoms with Gasteiger partial charge in [-0.15, -0.1) is 0 Å². The van der Waals surface area contributed by atoms with Gasteiger partial charge in [-0.3, -0.25) is 4.79 Å². The number of hydrogen-bond donors (Lipinski definition) is 0. The van der Waals surface area contributed by atoms with E-state index in [0.29, 0.717) is 18.6 Å². The Labute approximate surface area is 150 Å². The van der Waals surface area contributed by atoms with E-state index in [0.717, 1.165) is 36.1 Å². The number of amides is 1. The molecule has 0 bridgehead atoms. The lowest BCUT2D eigenvalue weighted by molar-refractivity contribution is -0.190. The molecule has 2 unspecified atom stereocenters. The zero-order chi connectivity index (χ0) is 18.6. The van der Waals surface area contributed by atoms with Gasteiger partial charge in [-0.2, -0.15) is 13.2 Å². The van der Waals surface area contributed by atoms with E-state index in [1.54, 1.807) is 19.2 Å². The van der Waals surface area contributed by atoms with Crippen LogP contribution in [0.4, 0.5) is 13.2 Å². The molecule has 2 saturated heterocycles. The minimum absolute atomic E-state index is 0.0981. The number of benzene rings is 1. The van der Waals surface area contributed by atoms with Crippen molar-refractivity contribution in [3.05, 3.63) is 29.8 Å². The van der Waals surface area contributed by atoms with Gasteiger partial charge in [-0.05, 0) is 43.4 Å². The molecule has 0 aromatic heterocycles. The van der Waals surface area contributed by atoms with E-state index >= 15 is 0 Å². The number of ether oxygens (including phenoxy) is 2. The summed E-state index contributed by atoms with van der Waals surface area (Å²) in [6, 6.07) is 6.67. The van der Waals surface area contributed by atoms with Crippen LogP contribution < -0.4 is 4.74 Å². The largest absolute Gasteiger partial charge is 0.497 e. The van der Waals surface area contributed by atoms with Gasteiger partial charge in [0.05, 0.1) is 13.2 Å². The van der Waals surface area contributed by atoms with Crippen LogP contribution in [0.1, 0.15) is 37.7 Å². The van der Waals surface area contributed by atoms with E-state index in [9.17, 15) is 18.0 Å². The highest BCUT2D eigenvalue weighted by Crippen LogP contribution is 2.64. The van der Waals surface area contributed by atoms with Crippen LogP contribution in [0.3, 0.4) is 0 Å². The zero-order valence-electron chi connectivity index (χ0n) is 14.6. The standard InChI is InChI=1S/C19H22F3NO3/c1-25-14-6-4-13(5-7-14)12-15-18-9-3-2-8-17(18,26-18)10-11-23(15)16(24)19(20,21)22/h4-7,15H,2-3,8-12H2,1H3/t15-,17?,18?/m0/s1. The summed E-state index contributed by atoms with van der Waals surface area (Å²) in [7, 11) is 1.56. The molecule has 1 aromatic rings. The van der Waals surface area contributed by atoms with Crippen LogP contribution in [0.15, 0.2) is 24.3 Å². The first-order valence-electron chi connectivity index (χ1n) is 9.02. The third-order valence-electron chi connectivity index (χ3n) is 6.25. The summed E-state index contributed by atoms with van der Waals surface area (Å²) in [5.41, 5.74) is -0.0724. The molecule has 0 radical (unpaired) electrons. The van der Waals surface area contributed by atoms with E-state index in [4.69, 9.17) is 9.47 Å². The lowest BCUT2D eigenvalue weighted by atomic mass is 9.69. The van der Waals surface area contributed by atoms with Gasteiger partial charge in [-0.1, -0.05) is 25.0 Å². The van der Waals surface area contributed by atoms with Crippen LogP contribution in [-0.2, 0) is 16.0 Å². The van der Waals surface area contributed by atoms with Gasteiger partial charge >= 0.3 is 12.1 Å². The van der Waals surface area contributed by atoms with E-state index in [1.165, 1.54) is 0 Å². The first kappa shape index (κ1) is 17.6. The Kier molecular flexibility index (Phi) is 3.99. The van der Waals surface area contributed by atoms with Crippen molar-refractivity contribution >= 4 is 5.91 Å². The maximum absolute atomic E-state index is 13.2. The lowest BCUT2D eigenvalue weighted by Crippen LogP contribution is -2.60. The molecule has 1 amide bonds. The topological polar surface area (TPSA) is 42.1 Å². The van der Waals surface area contributed by atoms with Crippen LogP contribution >= 0.6 is 0 Å². The molecular weight excluding hydrogens is 347 g/mol. The van der Waals surface area contributed by atoms with Crippen molar-refractivity contribution in [3.8, 4) is 5.75 Å². The Morgan fingerprint density at radius 2 is 1.92 bits per heavy atom. The van der Waals surface area contributed by atoms with Crippen LogP contribution in [-0.4, -0.2) is 47.9 Å². The summed E-state index contributed by atoms with van der Waals surface area (Å²) in [5.74, 6) is -1.06. The minimum Gasteiger partial charge on any atom is -0.497 e. The zero-order valence-corrected chi connectivity index (χ0v) is 14.6. The fourth-order valence-corrected chi connectivity index (χ4v) is 4.96. The van der Waals surface area contributed by atoms with Crippen LogP contribution in [0.25, 0.3) is 0 Å². The molecule has 4 nitrogen and oxygen atoms in total. The predicted octanol–water partition coefficient (Wildman–Crippen LogP) is 3.48. The molecule has 3 atom stereocenters. The molecule has 1 aromatic carbocycles. The number of alkyl halides is 3. The molecule has 2 heterocycles. The SMILES string of the molecule is COc1ccc(C[C@@H]2N(C(=O)C(F)(F)F)CCC34CCCCC23O4)cc1. The lowest BCUT2D eigenvalue weighted by Gasteiger charge is -2.43. The van der Waals surface area contributed by atoms with Crippen molar-refractivity contribution < 1.29 is 27.4 Å². The fourth-order valence-electron chi connectivity index (χ4n) is 4.96. The van der Waals surface area contributed by atoms with Gasteiger partial charge in [0, 0.05) is 6.54 Å². The molecule has 3 aliphatic rings. The highest BCUT2D eigenvalue weighted by atomic mass is 19.4. The van der Waals surface area contributed by atoms with Gasteiger partial charge in [0.2, 0.25) is 0 Å². The molecule has 1 aliphatic carbocycles. The smallest absolute Gasteiger partial charge is 0.471 e. The quantitative estimate of drug-likeness (QED) is 0.766. The van der Waals surface area contributed by atoms with Gasteiger partial charge in [-0.25, -0.2) is 0 Å². The number of halogens is 3. The maximum atomic E-state index is 13.2. The summed E-state index contributed by atoms with van der Waals surface area (Å²) in [5, 5.41) is 0. The summed E-state index contributed by atoms with van der Waals surface area (Å²) >= 11 is 0. The summed E-state index contributed by atoms with van der Waals surface area (Å²) in [6.45, 7) is 0.0981. The number of hydrogen-bond acceptors (Lipinski definition) is 3. The van der Waals surface area contributed by atoms with Crippen molar-refractivity contribution in [2.45, 2.75) is 61.9 Å². The summed E-state index contributed by atoms with van der Waals surface area (Å²) in [4.78, 5) is 13.1. The predicted molar refractivity (Wildman–Crippen MR) is 87.9 cm³/mol. The number of epoxide rings is 1. The molecular formula is C19H22F3NO3. The second-order valence-electron chi connectivity index (χ2n) is 7.51. The molecule has 0 N–H and O–H groups in total. The number of piperidine rings is 1. The summed E-state index contributed by atoms with van der Waals surface area (Å²) < 4.78 is 50.8. The third-order valence-corrected chi connectivity index (χ3v) is 6.25. The van der Waals surface area contributed by atoms with Crippen molar-refractivity contribution in [1.29, 1.82) is 0 Å². The van der Waals surface area contributed by atoms with E-state index in [1.807, 2.05) is 12.1 Å². The third kappa shape index (κ3) is 2.59. The normalized spacial score (nSPS) is 33.2. The minimum atomic E-state index is -4.86. The highest BCUT2D eigenvalue weighted by Gasteiger charge is 2.76. The molecule has 2 aliphatic heterocycles. The first-order valence-corrected chi connectivity index (χ1v) is 9.02. The second-order valence-corrected chi connectivity index (χ2v) is 7.51. The number of carbonyl (C=O) groups is 1. The highest BCUT2D eigenvalue weighted by molar-refractivity contribution is 5.82. The first-order chi connectivity index (χ1) is 12.3. The number of likely N-dealkylation sites (tertiary alicyclic amines) is 1. The molecule has 7 heteroatoms. The van der Waals surface area contributed by atoms with Crippen LogP contribution in [0.2, 0.25) is 0 Å². The maximum Gasteiger partial charge on any atom is 0.471 e. The Morgan fingerprint density at radius 3 is 2.58 bits per heavy atom. The molecule has 4 rings (SSSR count). The number of rotatable bonds is 3. The average Bonchev–Trinajstić information content (AvgIpc) is 3.32. The average molecular weight is 369 g/mol. The Bertz CT molecular complexity index is 705. The van der Waals surface area contributed by atoms with Gasteiger partial charge in [0.1, 0.15) is 17.0 Å². The van der Waals surface area contributed by atoms with Crippen LogP contribution in [0.5, 0.6) is 5.75 Å². The Hall–Kier alpha value is -1.76. The Balaban J connectivity index is 1.65. The van der Waals surface area contributed by atoms with E-state index in [-0.39, 0.29) is 12.1 Å².